The highest BCUT2D eigenvalue weighted by Crippen LogP contribution is 2.14. The van der Waals surface area contributed by atoms with E-state index in [2.05, 4.69) is 5.32 Å². The van der Waals surface area contributed by atoms with E-state index >= 15 is 0 Å². The summed E-state index contributed by atoms with van der Waals surface area (Å²) in [6, 6.07) is 7.55. The summed E-state index contributed by atoms with van der Waals surface area (Å²) in [7, 11) is 1.40. The SMILES string of the molecule is CCCOc1ccc(CCC(=O)NC(C)(COC)C(=O)O)cc1. The lowest BCUT2D eigenvalue weighted by atomic mass is 10.0. The van der Waals surface area contributed by atoms with Gasteiger partial charge in [0.25, 0.3) is 0 Å². The molecule has 0 aliphatic heterocycles. The van der Waals surface area contributed by atoms with Crippen molar-refractivity contribution in [2.45, 2.75) is 38.6 Å². The summed E-state index contributed by atoms with van der Waals surface area (Å²) < 4.78 is 10.4. The molecule has 23 heavy (non-hydrogen) atoms. The number of ether oxygens (including phenoxy) is 2. The van der Waals surface area contributed by atoms with E-state index in [4.69, 9.17) is 9.47 Å². The van der Waals surface area contributed by atoms with Crippen LogP contribution < -0.4 is 10.1 Å². The lowest BCUT2D eigenvalue weighted by Gasteiger charge is -2.25. The summed E-state index contributed by atoms with van der Waals surface area (Å²) in [5.74, 6) is -0.637. The van der Waals surface area contributed by atoms with Gasteiger partial charge in [0.05, 0.1) is 13.2 Å². The normalized spacial score (nSPS) is 13.2. The Morgan fingerprint density at radius 3 is 2.43 bits per heavy atom. The highest BCUT2D eigenvalue weighted by atomic mass is 16.5. The second-order valence-corrected chi connectivity index (χ2v) is 5.61. The number of carbonyl (C=O) groups excluding carboxylic acids is 1. The molecule has 2 N–H and O–H groups in total. The number of aryl methyl sites for hydroxylation is 1. The quantitative estimate of drug-likeness (QED) is 0.688. The summed E-state index contributed by atoms with van der Waals surface area (Å²) in [4.78, 5) is 23.2. The standard InChI is InChI=1S/C17H25NO5/c1-4-11-23-14-8-5-13(6-9-14)7-10-15(19)18-17(2,12-22-3)16(20)21/h5-6,8-9H,4,7,10-12H2,1-3H3,(H,18,19)(H,20,21). The largest absolute Gasteiger partial charge is 0.494 e. The Kier molecular flexibility index (Phi) is 7.54. The third-order valence-electron chi connectivity index (χ3n) is 3.36. The molecule has 0 aliphatic rings. The van der Waals surface area contributed by atoms with Crippen LogP contribution in [0.25, 0.3) is 0 Å². The van der Waals surface area contributed by atoms with Crippen LogP contribution in [0.4, 0.5) is 0 Å². The molecule has 1 amide bonds. The first-order valence-corrected chi connectivity index (χ1v) is 7.66. The fourth-order valence-corrected chi connectivity index (χ4v) is 2.04. The van der Waals surface area contributed by atoms with Crippen LogP contribution in [0.2, 0.25) is 0 Å². The first-order chi connectivity index (χ1) is 10.9. The summed E-state index contributed by atoms with van der Waals surface area (Å²) in [6.45, 7) is 4.06. The molecule has 0 fully saturated rings. The van der Waals surface area contributed by atoms with Crippen LogP contribution in [0.3, 0.4) is 0 Å². The number of amides is 1. The Hall–Kier alpha value is -2.08. The lowest BCUT2D eigenvalue weighted by Crippen LogP contribution is -2.55. The third kappa shape index (κ3) is 6.28. The highest BCUT2D eigenvalue weighted by Gasteiger charge is 2.34. The summed E-state index contributed by atoms with van der Waals surface area (Å²) in [5.41, 5.74) is -0.420. The molecule has 1 rings (SSSR count). The van der Waals surface area contributed by atoms with Crippen LogP contribution in [-0.4, -0.2) is 42.8 Å². The summed E-state index contributed by atoms with van der Waals surface area (Å²) >= 11 is 0. The van der Waals surface area contributed by atoms with Crippen molar-refractivity contribution in [3.63, 3.8) is 0 Å². The number of nitrogens with one attached hydrogen (secondary N) is 1. The number of benzene rings is 1. The zero-order valence-corrected chi connectivity index (χ0v) is 13.9. The molecular weight excluding hydrogens is 298 g/mol. The zero-order chi connectivity index (χ0) is 17.3. The summed E-state index contributed by atoms with van der Waals surface area (Å²) in [5, 5.41) is 11.7. The van der Waals surface area contributed by atoms with Crippen LogP contribution in [0.1, 0.15) is 32.3 Å². The molecule has 6 nitrogen and oxygen atoms in total. The van der Waals surface area contributed by atoms with Gasteiger partial charge in [-0.1, -0.05) is 19.1 Å². The van der Waals surface area contributed by atoms with Gasteiger partial charge in [0.15, 0.2) is 5.54 Å². The molecule has 128 valence electrons. The van der Waals surface area contributed by atoms with E-state index in [0.717, 1.165) is 17.7 Å². The van der Waals surface area contributed by atoms with Crippen molar-refractivity contribution in [1.29, 1.82) is 0 Å². The van der Waals surface area contributed by atoms with Gasteiger partial charge in [-0.05, 0) is 37.5 Å². The average Bonchev–Trinajstić information content (AvgIpc) is 2.52. The highest BCUT2D eigenvalue weighted by molar-refractivity contribution is 5.86. The van der Waals surface area contributed by atoms with E-state index in [1.54, 1.807) is 0 Å². The number of aliphatic carboxylic acids is 1. The topological polar surface area (TPSA) is 84.9 Å². The van der Waals surface area contributed by atoms with E-state index in [0.29, 0.717) is 13.0 Å². The van der Waals surface area contributed by atoms with Gasteiger partial charge in [0.1, 0.15) is 5.75 Å². The van der Waals surface area contributed by atoms with Gasteiger partial charge in [-0.25, -0.2) is 4.79 Å². The van der Waals surface area contributed by atoms with Crippen LogP contribution >= 0.6 is 0 Å². The number of rotatable bonds is 10. The smallest absolute Gasteiger partial charge is 0.331 e. The van der Waals surface area contributed by atoms with Crippen LogP contribution in [-0.2, 0) is 20.7 Å². The van der Waals surface area contributed by atoms with Gasteiger partial charge in [0, 0.05) is 13.5 Å². The minimum atomic E-state index is -1.41. The molecule has 0 spiro atoms. The van der Waals surface area contributed by atoms with Gasteiger partial charge < -0.3 is 19.9 Å². The Balaban J connectivity index is 2.50. The number of hydrogen-bond donors (Lipinski definition) is 2. The molecule has 0 aliphatic carbocycles. The fraction of sp³-hybridized carbons (Fsp3) is 0.529. The van der Waals surface area contributed by atoms with Crippen molar-refractivity contribution in [3.8, 4) is 5.75 Å². The Morgan fingerprint density at radius 1 is 1.26 bits per heavy atom. The average molecular weight is 323 g/mol. The van der Waals surface area contributed by atoms with Crippen LogP contribution in [0.5, 0.6) is 5.75 Å². The predicted molar refractivity (Wildman–Crippen MR) is 86.6 cm³/mol. The van der Waals surface area contributed by atoms with Gasteiger partial charge >= 0.3 is 5.97 Å². The van der Waals surface area contributed by atoms with Crippen molar-refractivity contribution in [2.24, 2.45) is 0 Å². The van der Waals surface area contributed by atoms with E-state index in [-0.39, 0.29) is 18.9 Å². The fourth-order valence-electron chi connectivity index (χ4n) is 2.04. The summed E-state index contributed by atoms with van der Waals surface area (Å²) in [6.07, 6.45) is 1.69. The second-order valence-electron chi connectivity index (χ2n) is 5.61. The molecular formula is C17H25NO5. The predicted octanol–water partition coefficient (Wildman–Crippen LogP) is 2.01. The van der Waals surface area contributed by atoms with Crippen molar-refractivity contribution in [1.82, 2.24) is 5.32 Å². The van der Waals surface area contributed by atoms with Gasteiger partial charge in [0.2, 0.25) is 5.91 Å². The molecule has 0 radical (unpaired) electrons. The molecule has 6 heteroatoms. The van der Waals surface area contributed by atoms with Crippen molar-refractivity contribution in [3.05, 3.63) is 29.8 Å². The molecule has 1 unspecified atom stereocenters. The van der Waals surface area contributed by atoms with Crippen molar-refractivity contribution < 1.29 is 24.2 Å². The zero-order valence-electron chi connectivity index (χ0n) is 13.9. The molecule has 0 aromatic heterocycles. The van der Waals surface area contributed by atoms with Crippen molar-refractivity contribution >= 4 is 11.9 Å². The third-order valence-corrected chi connectivity index (χ3v) is 3.36. The van der Waals surface area contributed by atoms with E-state index in [1.165, 1.54) is 14.0 Å². The molecule has 0 bridgehead atoms. The first-order valence-electron chi connectivity index (χ1n) is 7.66. The minimum absolute atomic E-state index is 0.0858. The van der Waals surface area contributed by atoms with Gasteiger partial charge in [-0.2, -0.15) is 0 Å². The monoisotopic (exact) mass is 323 g/mol. The second kappa shape index (κ2) is 9.15. The minimum Gasteiger partial charge on any atom is -0.494 e. The van der Waals surface area contributed by atoms with Gasteiger partial charge in [-0.15, -0.1) is 0 Å². The maximum absolute atomic E-state index is 12.0. The van der Waals surface area contributed by atoms with Crippen LogP contribution in [0, 0.1) is 0 Å². The Labute approximate surface area is 136 Å². The lowest BCUT2D eigenvalue weighted by molar-refractivity contribution is -0.149. The molecule has 0 heterocycles. The number of carboxylic acid groups (broad SMARTS) is 1. The maximum Gasteiger partial charge on any atom is 0.331 e. The maximum atomic E-state index is 12.0. The van der Waals surface area contributed by atoms with Gasteiger partial charge in [-0.3, -0.25) is 4.79 Å². The molecule has 1 atom stereocenters. The first kappa shape index (κ1) is 19.0. The Bertz CT molecular complexity index is 514. The molecule has 1 aromatic carbocycles. The van der Waals surface area contributed by atoms with Crippen LogP contribution in [0.15, 0.2) is 24.3 Å². The number of methoxy groups -OCH3 is 1. The Morgan fingerprint density at radius 2 is 1.91 bits per heavy atom. The van der Waals surface area contributed by atoms with Crippen molar-refractivity contribution in [2.75, 3.05) is 20.3 Å². The number of hydrogen-bond acceptors (Lipinski definition) is 4. The van der Waals surface area contributed by atoms with E-state index in [1.807, 2.05) is 31.2 Å². The number of carbonyl (C=O) groups is 2. The molecule has 0 saturated heterocycles. The molecule has 0 saturated carbocycles. The molecule has 1 aromatic rings. The number of carboxylic acids is 1. The van der Waals surface area contributed by atoms with E-state index < -0.39 is 11.5 Å². The van der Waals surface area contributed by atoms with E-state index in [9.17, 15) is 14.7 Å².